The van der Waals surface area contributed by atoms with Gasteiger partial charge in [-0.3, -0.25) is 4.79 Å². The van der Waals surface area contributed by atoms with Crippen molar-refractivity contribution in [2.75, 3.05) is 0 Å². The number of rotatable bonds is 2. The average Bonchev–Trinajstić information content (AvgIpc) is 2.80. The lowest BCUT2D eigenvalue weighted by Gasteiger charge is -2.04. The molecule has 14 heavy (non-hydrogen) atoms. The Morgan fingerprint density at radius 1 is 1.79 bits per heavy atom. The minimum absolute atomic E-state index is 0.00935. The van der Waals surface area contributed by atoms with Gasteiger partial charge in [-0.2, -0.15) is 0 Å². The third-order valence-corrected chi connectivity index (χ3v) is 2.36. The molecule has 1 N–H and O–H groups in total. The number of aromatic nitrogens is 2. The molecule has 0 aliphatic heterocycles. The quantitative estimate of drug-likeness (QED) is 0.768. The summed E-state index contributed by atoms with van der Waals surface area (Å²) in [5.41, 5.74) is -1.21. The molecule has 1 aromatic rings. The van der Waals surface area contributed by atoms with Gasteiger partial charge in [0.15, 0.2) is 11.5 Å². The third-order valence-electron chi connectivity index (χ3n) is 2.36. The van der Waals surface area contributed by atoms with Crippen LogP contribution in [0.15, 0.2) is 12.3 Å². The van der Waals surface area contributed by atoms with Gasteiger partial charge in [-0.15, -0.1) is 0 Å². The number of aryl methyl sites for hydroxylation is 1. The van der Waals surface area contributed by atoms with Gasteiger partial charge in [0.05, 0.1) is 0 Å². The second-order valence-electron chi connectivity index (χ2n) is 3.48. The number of carboxylic acids is 1. The van der Waals surface area contributed by atoms with E-state index < -0.39 is 17.6 Å². The van der Waals surface area contributed by atoms with Crippen molar-refractivity contribution >= 4 is 5.97 Å². The first kappa shape index (κ1) is 9.05. The summed E-state index contributed by atoms with van der Waals surface area (Å²) < 4.78 is 13.8. The number of halogens is 1. The van der Waals surface area contributed by atoms with Crippen LogP contribution in [0.25, 0.3) is 0 Å². The molecule has 4 nitrogen and oxygen atoms in total. The van der Waals surface area contributed by atoms with E-state index in [0.717, 1.165) is 0 Å². The van der Waals surface area contributed by atoms with Crippen LogP contribution in [0, 0.1) is 12.8 Å². The predicted octanol–water partition coefficient (Wildman–Crippen LogP) is 1.05. The minimum atomic E-state index is -1.85. The molecule has 5 heteroatoms. The standard InChI is InChI=1S/C9H9FN2O2/c1-5-2-3-11-8(12-5)9(10)4-6(9)7(13)14/h2-3,6H,4H2,1H3,(H,13,14). The van der Waals surface area contributed by atoms with Crippen LogP contribution in [0.4, 0.5) is 4.39 Å². The zero-order chi connectivity index (χ0) is 10.3. The first-order valence-corrected chi connectivity index (χ1v) is 4.26. The SMILES string of the molecule is Cc1ccnc(C2(F)CC2C(=O)O)n1. The van der Waals surface area contributed by atoms with Gasteiger partial charge < -0.3 is 5.11 Å². The molecule has 1 aliphatic rings. The van der Waals surface area contributed by atoms with E-state index in [0.29, 0.717) is 5.69 Å². The van der Waals surface area contributed by atoms with Crippen molar-refractivity contribution in [3.05, 3.63) is 23.8 Å². The van der Waals surface area contributed by atoms with Gasteiger partial charge in [-0.05, 0) is 13.0 Å². The van der Waals surface area contributed by atoms with Crippen LogP contribution < -0.4 is 0 Å². The fourth-order valence-corrected chi connectivity index (χ4v) is 1.42. The summed E-state index contributed by atoms with van der Waals surface area (Å²) in [6.07, 6.45) is 1.42. The molecule has 1 saturated carbocycles. The highest BCUT2D eigenvalue weighted by atomic mass is 19.1. The first-order chi connectivity index (χ1) is 6.54. The molecule has 2 rings (SSSR count). The molecule has 2 atom stereocenters. The summed E-state index contributed by atoms with van der Waals surface area (Å²) in [4.78, 5) is 18.2. The second kappa shape index (κ2) is 2.73. The van der Waals surface area contributed by atoms with E-state index in [2.05, 4.69) is 9.97 Å². The van der Waals surface area contributed by atoms with Gasteiger partial charge >= 0.3 is 5.97 Å². The van der Waals surface area contributed by atoms with Crippen molar-refractivity contribution in [1.82, 2.24) is 9.97 Å². The molecule has 1 fully saturated rings. The van der Waals surface area contributed by atoms with Crippen LogP contribution in [-0.2, 0) is 10.5 Å². The summed E-state index contributed by atoms with van der Waals surface area (Å²) in [5.74, 6) is -2.12. The number of alkyl halides is 1. The van der Waals surface area contributed by atoms with E-state index >= 15 is 0 Å². The van der Waals surface area contributed by atoms with E-state index in [9.17, 15) is 9.18 Å². The number of hydrogen-bond donors (Lipinski definition) is 1. The number of aliphatic carboxylic acids is 1. The summed E-state index contributed by atoms with van der Waals surface area (Å²) in [5, 5.41) is 8.62. The lowest BCUT2D eigenvalue weighted by atomic mass is 10.2. The van der Waals surface area contributed by atoms with Crippen molar-refractivity contribution in [2.24, 2.45) is 5.92 Å². The van der Waals surface area contributed by atoms with Gasteiger partial charge in [-0.1, -0.05) is 0 Å². The Balaban J connectivity index is 2.30. The predicted molar refractivity (Wildman–Crippen MR) is 45.3 cm³/mol. The molecule has 0 bridgehead atoms. The summed E-state index contributed by atoms with van der Waals surface area (Å²) in [6.45, 7) is 1.71. The lowest BCUT2D eigenvalue weighted by Crippen LogP contribution is -2.13. The Bertz CT molecular complexity index is 396. The lowest BCUT2D eigenvalue weighted by molar-refractivity contribution is -0.139. The van der Waals surface area contributed by atoms with Gasteiger partial charge in [0, 0.05) is 18.3 Å². The van der Waals surface area contributed by atoms with E-state index in [4.69, 9.17) is 5.11 Å². The summed E-state index contributed by atoms with van der Waals surface area (Å²) >= 11 is 0. The minimum Gasteiger partial charge on any atom is -0.481 e. The highest BCUT2D eigenvalue weighted by Crippen LogP contribution is 2.54. The van der Waals surface area contributed by atoms with E-state index in [1.807, 2.05) is 0 Å². The van der Waals surface area contributed by atoms with Crippen LogP contribution in [-0.4, -0.2) is 21.0 Å². The van der Waals surface area contributed by atoms with E-state index in [1.54, 1.807) is 13.0 Å². The zero-order valence-electron chi connectivity index (χ0n) is 7.57. The first-order valence-electron chi connectivity index (χ1n) is 4.26. The molecule has 1 heterocycles. The number of carboxylic acid groups (broad SMARTS) is 1. The van der Waals surface area contributed by atoms with E-state index in [1.165, 1.54) is 6.20 Å². The fraction of sp³-hybridized carbons (Fsp3) is 0.444. The molecule has 1 aliphatic carbocycles. The smallest absolute Gasteiger partial charge is 0.310 e. The highest BCUT2D eigenvalue weighted by molar-refractivity contribution is 5.75. The number of hydrogen-bond acceptors (Lipinski definition) is 3. The Hall–Kier alpha value is -1.52. The Morgan fingerprint density at radius 2 is 2.50 bits per heavy atom. The van der Waals surface area contributed by atoms with Gasteiger partial charge in [0.2, 0.25) is 0 Å². The zero-order valence-corrected chi connectivity index (χ0v) is 7.57. The van der Waals surface area contributed by atoms with Crippen LogP contribution in [0.5, 0.6) is 0 Å². The van der Waals surface area contributed by atoms with Crippen LogP contribution in [0.3, 0.4) is 0 Å². The maximum atomic E-state index is 13.8. The maximum absolute atomic E-state index is 13.8. The summed E-state index contributed by atoms with van der Waals surface area (Å²) in [7, 11) is 0. The largest absolute Gasteiger partial charge is 0.481 e. The van der Waals surface area contributed by atoms with E-state index in [-0.39, 0.29) is 12.2 Å². The monoisotopic (exact) mass is 196 g/mol. The molecule has 0 saturated heterocycles. The van der Waals surface area contributed by atoms with Crippen LogP contribution in [0.2, 0.25) is 0 Å². The van der Waals surface area contributed by atoms with Crippen molar-refractivity contribution in [3.8, 4) is 0 Å². The van der Waals surface area contributed by atoms with Gasteiger partial charge in [-0.25, -0.2) is 14.4 Å². The summed E-state index contributed by atoms with van der Waals surface area (Å²) in [6, 6.07) is 1.64. The van der Waals surface area contributed by atoms with Gasteiger partial charge in [0.25, 0.3) is 0 Å². The molecule has 0 spiro atoms. The molecule has 0 aromatic carbocycles. The molecular weight excluding hydrogens is 187 g/mol. The molecule has 74 valence electrons. The van der Waals surface area contributed by atoms with Crippen molar-refractivity contribution < 1.29 is 14.3 Å². The Labute approximate surface area is 79.8 Å². The van der Waals surface area contributed by atoms with Crippen molar-refractivity contribution in [2.45, 2.75) is 19.0 Å². The van der Waals surface area contributed by atoms with Gasteiger partial charge in [0.1, 0.15) is 5.92 Å². The Kier molecular flexibility index (Phi) is 1.77. The molecule has 0 amide bonds. The van der Waals surface area contributed by atoms with Crippen LogP contribution in [0.1, 0.15) is 17.9 Å². The van der Waals surface area contributed by atoms with Crippen molar-refractivity contribution in [3.63, 3.8) is 0 Å². The fourth-order valence-electron chi connectivity index (χ4n) is 1.42. The highest BCUT2D eigenvalue weighted by Gasteiger charge is 2.63. The number of nitrogens with zero attached hydrogens (tertiary/aromatic N) is 2. The average molecular weight is 196 g/mol. The normalized spacial score (nSPS) is 30.0. The Morgan fingerprint density at radius 3 is 3.00 bits per heavy atom. The molecule has 1 aromatic heterocycles. The molecule has 2 unspecified atom stereocenters. The third kappa shape index (κ3) is 1.25. The topological polar surface area (TPSA) is 63.1 Å². The molecular formula is C9H9FN2O2. The second-order valence-corrected chi connectivity index (χ2v) is 3.48. The van der Waals surface area contributed by atoms with Crippen molar-refractivity contribution in [1.29, 1.82) is 0 Å². The molecule has 0 radical (unpaired) electrons. The van der Waals surface area contributed by atoms with Crippen LogP contribution >= 0.6 is 0 Å². The number of carbonyl (C=O) groups is 1. The maximum Gasteiger partial charge on any atom is 0.310 e.